The summed E-state index contributed by atoms with van der Waals surface area (Å²) in [7, 11) is 0. The Kier molecular flexibility index (Phi) is 3.91. The number of imidazole rings is 1. The molecule has 18 heavy (non-hydrogen) atoms. The van der Waals surface area contributed by atoms with Crippen LogP contribution in [0.2, 0.25) is 0 Å². The Morgan fingerprint density at radius 1 is 1.39 bits per heavy atom. The third-order valence-corrected chi connectivity index (χ3v) is 3.39. The lowest BCUT2D eigenvalue weighted by Crippen LogP contribution is -2.10. The minimum Gasteiger partial charge on any atom is -0.309 e. The van der Waals surface area contributed by atoms with E-state index in [2.05, 4.69) is 34.4 Å². The van der Waals surface area contributed by atoms with Crippen molar-refractivity contribution in [3.63, 3.8) is 0 Å². The predicted molar refractivity (Wildman–Crippen MR) is 76.2 cm³/mol. The molecule has 2 aromatic heterocycles. The van der Waals surface area contributed by atoms with Gasteiger partial charge in [0, 0.05) is 12.2 Å². The summed E-state index contributed by atoms with van der Waals surface area (Å²) >= 11 is 6.25. The third kappa shape index (κ3) is 2.37. The lowest BCUT2D eigenvalue weighted by molar-refractivity contribution is 0.491. The van der Waals surface area contributed by atoms with Crippen LogP contribution in [0.15, 0.2) is 12.3 Å². The normalized spacial score (nSPS) is 14.9. The average molecular weight is 266 g/mol. The maximum atomic E-state index is 6.25. The number of hydrogen-bond donors (Lipinski definition) is 0. The highest BCUT2D eigenvalue weighted by molar-refractivity contribution is 6.20. The molecule has 0 aliphatic carbocycles. The molecule has 0 aliphatic heterocycles. The monoisotopic (exact) mass is 265 g/mol. The summed E-state index contributed by atoms with van der Waals surface area (Å²) in [6, 6.07) is 2.45. The van der Waals surface area contributed by atoms with E-state index < -0.39 is 0 Å². The van der Waals surface area contributed by atoms with Crippen LogP contribution in [0.4, 0.5) is 0 Å². The fourth-order valence-electron chi connectivity index (χ4n) is 2.36. The van der Waals surface area contributed by atoms with Crippen molar-refractivity contribution in [3.05, 3.63) is 23.7 Å². The minimum atomic E-state index is -0.0983. The van der Waals surface area contributed by atoms with Crippen molar-refractivity contribution >= 4 is 22.8 Å². The van der Waals surface area contributed by atoms with E-state index in [9.17, 15) is 0 Å². The molecule has 0 N–H and O–H groups in total. The second kappa shape index (κ2) is 5.27. The Bertz CT molecular complexity index is 545. The number of pyridine rings is 1. The summed E-state index contributed by atoms with van der Waals surface area (Å²) in [5.41, 5.74) is 3.02. The molecular weight excluding hydrogens is 246 g/mol. The summed E-state index contributed by atoms with van der Waals surface area (Å²) in [6.07, 6.45) is 4.14. The summed E-state index contributed by atoms with van der Waals surface area (Å²) < 4.78 is 2.19. The maximum absolute atomic E-state index is 6.25. The molecule has 0 fully saturated rings. The van der Waals surface area contributed by atoms with Crippen LogP contribution in [0.5, 0.6) is 0 Å². The fourth-order valence-corrected chi connectivity index (χ4v) is 2.52. The molecule has 2 atom stereocenters. The van der Waals surface area contributed by atoms with E-state index in [-0.39, 0.29) is 5.38 Å². The number of fused-ring (bicyclic) bond motifs is 1. The van der Waals surface area contributed by atoms with Crippen LogP contribution in [-0.4, -0.2) is 14.5 Å². The predicted octanol–water partition coefficient (Wildman–Crippen LogP) is 4.40. The zero-order valence-electron chi connectivity index (χ0n) is 11.4. The average Bonchev–Trinajstić information content (AvgIpc) is 2.67. The van der Waals surface area contributed by atoms with Crippen LogP contribution >= 0.6 is 11.6 Å². The lowest BCUT2D eigenvalue weighted by atomic mass is 10.2. The summed E-state index contributed by atoms with van der Waals surface area (Å²) in [4.78, 5) is 9.17. The van der Waals surface area contributed by atoms with Gasteiger partial charge in [-0.2, -0.15) is 0 Å². The van der Waals surface area contributed by atoms with Crippen LogP contribution in [0.3, 0.4) is 0 Å². The lowest BCUT2D eigenvalue weighted by Gasteiger charge is -2.17. The molecular formula is C14H20ClN3. The first-order chi connectivity index (χ1) is 8.54. The summed E-state index contributed by atoms with van der Waals surface area (Å²) in [5, 5.41) is -0.0983. The standard InChI is InChI=1S/C14H20ClN3/c1-5-6-10(3)18-13(11(4)15)17-12-7-9(2)8-16-14(12)18/h7-8,10-11H,5-6H2,1-4H3. The van der Waals surface area contributed by atoms with Gasteiger partial charge in [0.15, 0.2) is 5.65 Å². The Balaban J connectivity index is 2.62. The molecule has 2 unspecified atom stereocenters. The van der Waals surface area contributed by atoms with Gasteiger partial charge in [-0.05, 0) is 38.8 Å². The van der Waals surface area contributed by atoms with E-state index in [0.29, 0.717) is 6.04 Å². The molecule has 2 aromatic rings. The quantitative estimate of drug-likeness (QED) is 0.767. The molecule has 2 heterocycles. The zero-order chi connectivity index (χ0) is 13.3. The third-order valence-electron chi connectivity index (χ3n) is 3.20. The number of nitrogens with zero attached hydrogens (tertiary/aromatic N) is 3. The Morgan fingerprint density at radius 3 is 2.72 bits per heavy atom. The number of rotatable bonds is 4. The molecule has 98 valence electrons. The van der Waals surface area contributed by atoms with E-state index in [1.165, 1.54) is 0 Å². The van der Waals surface area contributed by atoms with Gasteiger partial charge in [-0.1, -0.05) is 13.3 Å². The molecule has 0 radical (unpaired) electrons. The molecule has 0 bridgehead atoms. The van der Waals surface area contributed by atoms with Gasteiger partial charge >= 0.3 is 0 Å². The van der Waals surface area contributed by atoms with Crippen LogP contribution in [0, 0.1) is 6.92 Å². The van der Waals surface area contributed by atoms with E-state index >= 15 is 0 Å². The van der Waals surface area contributed by atoms with Crippen molar-refractivity contribution in [3.8, 4) is 0 Å². The number of halogens is 1. The van der Waals surface area contributed by atoms with Gasteiger partial charge in [0.05, 0.1) is 5.38 Å². The largest absolute Gasteiger partial charge is 0.309 e. The smallest absolute Gasteiger partial charge is 0.160 e. The van der Waals surface area contributed by atoms with Gasteiger partial charge in [0.2, 0.25) is 0 Å². The maximum Gasteiger partial charge on any atom is 0.160 e. The van der Waals surface area contributed by atoms with Crippen molar-refractivity contribution < 1.29 is 0 Å². The van der Waals surface area contributed by atoms with Crippen LogP contribution < -0.4 is 0 Å². The van der Waals surface area contributed by atoms with Crippen LogP contribution in [0.25, 0.3) is 11.2 Å². The topological polar surface area (TPSA) is 30.7 Å². The number of alkyl halides is 1. The first kappa shape index (κ1) is 13.3. The molecule has 3 nitrogen and oxygen atoms in total. The highest BCUT2D eigenvalue weighted by Crippen LogP contribution is 2.28. The highest BCUT2D eigenvalue weighted by Gasteiger charge is 2.19. The van der Waals surface area contributed by atoms with Crippen molar-refractivity contribution in [2.75, 3.05) is 0 Å². The van der Waals surface area contributed by atoms with Crippen molar-refractivity contribution in [1.82, 2.24) is 14.5 Å². The molecule has 0 aliphatic rings. The SMILES string of the molecule is CCCC(C)n1c(C(C)Cl)nc2cc(C)cnc21. The summed E-state index contributed by atoms with van der Waals surface area (Å²) in [5.74, 6) is 0.922. The number of aryl methyl sites for hydroxylation is 1. The second-order valence-corrected chi connectivity index (χ2v) is 5.60. The molecule has 0 aromatic carbocycles. The Morgan fingerprint density at radius 2 is 2.11 bits per heavy atom. The molecule has 0 amide bonds. The van der Waals surface area contributed by atoms with Crippen LogP contribution in [-0.2, 0) is 0 Å². The zero-order valence-corrected chi connectivity index (χ0v) is 12.2. The minimum absolute atomic E-state index is 0.0983. The van der Waals surface area contributed by atoms with Crippen molar-refractivity contribution in [2.24, 2.45) is 0 Å². The van der Waals surface area contributed by atoms with Gasteiger partial charge < -0.3 is 4.57 Å². The van der Waals surface area contributed by atoms with E-state index in [1.807, 2.05) is 20.0 Å². The van der Waals surface area contributed by atoms with Crippen molar-refractivity contribution in [2.45, 2.75) is 52.0 Å². The van der Waals surface area contributed by atoms with Crippen molar-refractivity contribution in [1.29, 1.82) is 0 Å². The van der Waals surface area contributed by atoms with Gasteiger partial charge in [-0.25, -0.2) is 9.97 Å². The fraction of sp³-hybridized carbons (Fsp3) is 0.571. The van der Waals surface area contributed by atoms with Gasteiger partial charge in [-0.15, -0.1) is 11.6 Å². The van der Waals surface area contributed by atoms with E-state index in [1.54, 1.807) is 0 Å². The van der Waals surface area contributed by atoms with Gasteiger partial charge in [0.1, 0.15) is 11.3 Å². The molecule has 2 rings (SSSR count). The van der Waals surface area contributed by atoms with E-state index in [4.69, 9.17) is 11.6 Å². The van der Waals surface area contributed by atoms with Gasteiger partial charge in [0.25, 0.3) is 0 Å². The first-order valence-corrected chi connectivity index (χ1v) is 6.96. The summed E-state index contributed by atoms with van der Waals surface area (Å²) in [6.45, 7) is 8.39. The molecule has 4 heteroatoms. The Labute approximate surface area is 113 Å². The van der Waals surface area contributed by atoms with Gasteiger partial charge in [-0.3, -0.25) is 0 Å². The van der Waals surface area contributed by atoms with Crippen LogP contribution in [0.1, 0.15) is 56.4 Å². The number of aromatic nitrogens is 3. The van der Waals surface area contributed by atoms with E-state index in [0.717, 1.165) is 35.4 Å². The molecule has 0 saturated carbocycles. The first-order valence-electron chi connectivity index (χ1n) is 6.53. The second-order valence-electron chi connectivity index (χ2n) is 4.95. The number of hydrogen-bond acceptors (Lipinski definition) is 2. The molecule has 0 spiro atoms. The molecule has 0 saturated heterocycles. The Hall–Kier alpha value is -1.09. The highest BCUT2D eigenvalue weighted by atomic mass is 35.5.